The number of likely N-dealkylation sites (tertiary alicyclic amines) is 1. The molecule has 2 aromatic carbocycles. The van der Waals surface area contributed by atoms with Crippen molar-refractivity contribution in [2.45, 2.75) is 39.0 Å². The number of hydrogen-bond acceptors (Lipinski definition) is 7. The summed E-state index contributed by atoms with van der Waals surface area (Å²) < 4.78 is 6.04. The minimum atomic E-state index is -0.441. The predicted molar refractivity (Wildman–Crippen MR) is 151 cm³/mol. The number of carbonyl (C=O) groups is 2. The van der Waals surface area contributed by atoms with Gasteiger partial charge in [0.15, 0.2) is 0 Å². The average molecular weight is 545 g/mol. The average Bonchev–Trinajstić information content (AvgIpc) is 3.46. The zero-order valence-corrected chi connectivity index (χ0v) is 22.6. The molecule has 3 heterocycles. The number of thiophene rings is 1. The van der Waals surface area contributed by atoms with Gasteiger partial charge in [0.1, 0.15) is 12.4 Å². The highest BCUT2D eigenvalue weighted by Gasteiger charge is 2.32. The summed E-state index contributed by atoms with van der Waals surface area (Å²) in [6.45, 7) is 4.62. The fourth-order valence-electron chi connectivity index (χ4n) is 5.17. The summed E-state index contributed by atoms with van der Waals surface area (Å²) in [6, 6.07) is 19.0. The smallest absolute Gasteiger partial charge is 0.251 e. The molecule has 39 heavy (non-hydrogen) atoms. The molecule has 5 rings (SSSR count). The number of carbonyl (C=O) groups excluding carboxylic acids is 2. The van der Waals surface area contributed by atoms with E-state index in [0.717, 1.165) is 41.7 Å². The molecular formula is C30H32N4O4S. The highest BCUT2D eigenvalue weighted by molar-refractivity contribution is 7.07. The van der Waals surface area contributed by atoms with Crippen molar-refractivity contribution in [1.82, 2.24) is 20.7 Å². The second-order valence-corrected chi connectivity index (χ2v) is 10.8. The lowest BCUT2D eigenvalue weighted by Crippen LogP contribution is -2.53. The standard InChI is InChI=1S/C30H32N4O4S/c1-20-14-24(26-4-2-3-5-27(26)31-20)18-38-25-8-6-22(7-9-25)30(36)32-28-17-34(16-21-11-13-39-19-21)12-10-23(28)15-29(35)33-37/h2-9,11,13-14,19,23,28,37H,10,12,15-18H2,1H3,(H,32,36)(H,33,35)/t23-,28+/m0/s1. The molecule has 0 spiro atoms. The zero-order valence-electron chi connectivity index (χ0n) is 21.8. The maximum Gasteiger partial charge on any atom is 0.251 e. The summed E-state index contributed by atoms with van der Waals surface area (Å²) in [6.07, 6.45) is 0.905. The van der Waals surface area contributed by atoms with Crippen LogP contribution in [0.1, 0.15) is 40.0 Å². The lowest BCUT2D eigenvalue weighted by molar-refractivity contribution is -0.130. The molecule has 0 unspecified atom stereocenters. The summed E-state index contributed by atoms with van der Waals surface area (Å²) in [5, 5.41) is 17.4. The Hall–Kier alpha value is -3.79. The molecule has 0 bridgehead atoms. The van der Waals surface area contributed by atoms with Crippen LogP contribution in [0.4, 0.5) is 0 Å². The first kappa shape index (κ1) is 26.8. The number of piperidine rings is 1. The van der Waals surface area contributed by atoms with Crippen molar-refractivity contribution in [3.63, 3.8) is 0 Å². The van der Waals surface area contributed by atoms with E-state index in [-0.39, 0.29) is 24.3 Å². The molecule has 9 heteroatoms. The van der Waals surface area contributed by atoms with Gasteiger partial charge in [-0.25, -0.2) is 5.48 Å². The van der Waals surface area contributed by atoms with Gasteiger partial charge < -0.3 is 10.1 Å². The van der Waals surface area contributed by atoms with Crippen LogP contribution in [0.15, 0.2) is 71.4 Å². The van der Waals surface area contributed by atoms with E-state index in [1.807, 2.05) is 37.3 Å². The van der Waals surface area contributed by atoms with Gasteiger partial charge in [-0.05, 0) is 84.6 Å². The summed E-state index contributed by atoms with van der Waals surface area (Å²) in [4.78, 5) is 32.0. The fraction of sp³-hybridized carbons (Fsp3) is 0.300. The van der Waals surface area contributed by atoms with E-state index in [0.29, 0.717) is 24.5 Å². The quantitative estimate of drug-likeness (QED) is 0.209. The maximum absolute atomic E-state index is 13.2. The summed E-state index contributed by atoms with van der Waals surface area (Å²) in [5.41, 5.74) is 6.42. The van der Waals surface area contributed by atoms with Crippen LogP contribution in [0.5, 0.6) is 5.75 Å². The number of benzene rings is 2. The van der Waals surface area contributed by atoms with Gasteiger partial charge in [-0.1, -0.05) is 18.2 Å². The fourth-order valence-corrected chi connectivity index (χ4v) is 5.83. The molecule has 1 fully saturated rings. The molecule has 4 aromatic rings. The first-order chi connectivity index (χ1) is 19.0. The highest BCUT2D eigenvalue weighted by atomic mass is 32.1. The summed E-state index contributed by atoms with van der Waals surface area (Å²) >= 11 is 1.66. The Morgan fingerprint density at radius 2 is 1.97 bits per heavy atom. The Morgan fingerprint density at radius 1 is 1.15 bits per heavy atom. The van der Waals surface area contributed by atoms with Gasteiger partial charge in [0.2, 0.25) is 5.91 Å². The van der Waals surface area contributed by atoms with E-state index >= 15 is 0 Å². The first-order valence-corrected chi connectivity index (χ1v) is 14.0. The van der Waals surface area contributed by atoms with Gasteiger partial charge in [0, 0.05) is 47.8 Å². The van der Waals surface area contributed by atoms with E-state index in [4.69, 9.17) is 9.94 Å². The van der Waals surface area contributed by atoms with Crippen LogP contribution in [0.25, 0.3) is 10.9 Å². The van der Waals surface area contributed by atoms with E-state index in [2.05, 4.69) is 32.0 Å². The van der Waals surface area contributed by atoms with Crippen LogP contribution in [0, 0.1) is 12.8 Å². The van der Waals surface area contributed by atoms with Crippen molar-refractivity contribution >= 4 is 34.1 Å². The van der Waals surface area contributed by atoms with E-state index in [9.17, 15) is 9.59 Å². The number of amides is 2. The molecule has 0 saturated carbocycles. The number of aryl methyl sites for hydroxylation is 1. The number of hydroxylamine groups is 1. The molecule has 1 aliphatic heterocycles. The van der Waals surface area contributed by atoms with Gasteiger partial charge in [-0.2, -0.15) is 11.3 Å². The Balaban J connectivity index is 1.23. The molecule has 2 atom stereocenters. The molecule has 1 saturated heterocycles. The minimum absolute atomic E-state index is 0.0685. The van der Waals surface area contributed by atoms with Crippen molar-refractivity contribution in [1.29, 1.82) is 0 Å². The summed E-state index contributed by atoms with van der Waals surface area (Å²) in [7, 11) is 0. The molecule has 0 radical (unpaired) electrons. The molecule has 202 valence electrons. The molecule has 1 aliphatic rings. The molecule has 8 nitrogen and oxygen atoms in total. The maximum atomic E-state index is 13.2. The van der Waals surface area contributed by atoms with Crippen molar-refractivity contribution in [3.05, 3.63) is 93.8 Å². The van der Waals surface area contributed by atoms with Crippen LogP contribution in [0.3, 0.4) is 0 Å². The second kappa shape index (κ2) is 12.4. The lowest BCUT2D eigenvalue weighted by atomic mass is 9.88. The highest BCUT2D eigenvalue weighted by Crippen LogP contribution is 2.25. The van der Waals surface area contributed by atoms with Crippen LogP contribution in [0.2, 0.25) is 0 Å². The van der Waals surface area contributed by atoms with E-state index in [1.54, 1.807) is 41.1 Å². The molecule has 0 aliphatic carbocycles. The van der Waals surface area contributed by atoms with Crippen molar-refractivity contribution in [3.8, 4) is 5.75 Å². The van der Waals surface area contributed by atoms with Crippen LogP contribution in [-0.4, -0.2) is 46.0 Å². The minimum Gasteiger partial charge on any atom is -0.489 e. The second-order valence-electron chi connectivity index (χ2n) is 9.99. The Kier molecular flexibility index (Phi) is 8.51. The van der Waals surface area contributed by atoms with Gasteiger partial charge in [-0.3, -0.25) is 24.7 Å². The van der Waals surface area contributed by atoms with Crippen LogP contribution in [-0.2, 0) is 17.9 Å². The Bertz CT molecular complexity index is 1420. The molecular weight excluding hydrogens is 512 g/mol. The number of nitrogens with zero attached hydrogens (tertiary/aromatic N) is 2. The number of fused-ring (bicyclic) bond motifs is 1. The van der Waals surface area contributed by atoms with Crippen molar-refractivity contribution < 1.29 is 19.5 Å². The monoisotopic (exact) mass is 544 g/mol. The van der Waals surface area contributed by atoms with Gasteiger partial charge >= 0.3 is 0 Å². The largest absolute Gasteiger partial charge is 0.489 e. The number of pyridine rings is 1. The van der Waals surface area contributed by atoms with Crippen LogP contribution >= 0.6 is 11.3 Å². The number of aromatic nitrogens is 1. The third-order valence-electron chi connectivity index (χ3n) is 7.16. The van der Waals surface area contributed by atoms with Crippen LogP contribution < -0.4 is 15.5 Å². The third-order valence-corrected chi connectivity index (χ3v) is 7.89. The van der Waals surface area contributed by atoms with Gasteiger partial charge in [0.05, 0.1) is 5.52 Å². The third kappa shape index (κ3) is 6.81. The Morgan fingerprint density at radius 3 is 2.74 bits per heavy atom. The number of rotatable bonds is 9. The SMILES string of the molecule is Cc1cc(COc2ccc(C(=O)N[C@@H]3CN(Cc4ccsc4)CC[C@H]3CC(=O)NO)cc2)c2ccccc2n1. The molecule has 2 aromatic heterocycles. The molecule has 3 N–H and O–H groups in total. The topological polar surface area (TPSA) is 104 Å². The van der Waals surface area contributed by atoms with Crippen molar-refractivity contribution in [2.24, 2.45) is 5.92 Å². The zero-order chi connectivity index (χ0) is 27.2. The predicted octanol–water partition coefficient (Wildman–Crippen LogP) is 4.70. The van der Waals surface area contributed by atoms with E-state index < -0.39 is 5.91 Å². The Labute approximate surface area is 231 Å². The van der Waals surface area contributed by atoms with Gasteiger partial charge in [0.25, 0.3) is 5.91 Å². The normalized spacial score (nSPS) is 17.6. The summed E-state index contributed by atoms with van der Waals surface area (Å²) in [5.74, 6) is -0.0402. The number of para-hydroxylation sites is 1. The van der Waals surface area contributed by atoms with E-state index in [1.165, 1.54) is 5.56 Å². The number of ether oxygens (including phenoxy) is 1. The van der Waals surface area contributed by atoms with Crippen molar-refractivity contribution in [2.75, 3.05) is 13.1 Å². The number of nitrogens with one attached hydrogen (secondary N) is 2. The molecule has 2 amide bonds. The van der Waals surface area contributed by atoms with Gasteiger partial charge in [-0.15, -0.1) is 0 Å². The number of hydrogen-bond donors (Lipinski definition) is 3. The first-order valence-electron chi connectivity index (χ1n) is 13.0. The lowest BCUT2D eigenvalue weighted by Gasteiger charge is -2.38.